The number of ether oxygens (including phenoxy) is 2. The van der Waals surface area contributed by atoms with Gasteiger partial charge in [-0.1, -0.05) is 36.4 Å². The number of sulfonamides is 1. The van der Waals surface area contributed by atoms with Gasteiger partial charge in [0.15, 0.2) is 11.5 Å². The molecule has 0 bridgehead atoms. The highest BCUT2D eigenvalue weighted by atomic mass is 32.2. The van der Waals surface area contributed by atoms with Gasteiger partial charge in [0.25, 0.3) is 0 Å². The number of amides is 1. The lowest BCUT2D eigenvalue weighted by Gasteiger charge is -2.18. The van der Waals surface area contributed by atoms with E-state index >= 15 is 0 Å². The van der Waals surface area contributed by atoms with Gasteiger partial charge in [0.1, 0.15) is 0 Å². The van der Waals surface area contributed by atoms with E-state index in [4.69, 9.17) is 9.47 Å². The zero-order chi connectivity index (χ0) is 19.3. The molecule has 1 heterocycles. The van der Waals surface area contributed by atoms with Gasteiger partial charge in [0.2, 0.25) is 22.7 Å². The van der Waals surface area contributed by atoms with E-state index in [-0.39, 0.29) is 38.1 Å². The van der Waals surface area contributed by atoms with Crippen LogP contribution in [0, 0.1) is 0 Å². The molecule has 7 nitrogen and oxygen atoms in total. The molecule has 0 radical (unpaired) electrons. The summed E-state index contributed by atoms with van der Waals surface area (Å²) in [5, 5.41) is 2.76. The lowest BCUT2D eigenvalue weighted by atomic mass is 9.88. The number of fused-ring (bicyclic) bond motifs is 1. The van der Waals surface area contributed by atoms with Gasteiger partial charge in [-0.05, 0) is 23.3 Å². The summed E-state index contributed by atoms with van der Waals surface area (Å²) in [5.74, 6) is 1.06. The number of hydrogen-bond acceptors (Lipinski definition) is 5. The van der Waals surface area contributed by atoms with Gasteiger partial charge in [-0.15, -0.1) is 0 Å². The minimum absolute atomic E-state index is 0.149. The number of carbonyl (C=O) groups excluding carboxylic acids is 1. The largest absolute Gasteiger partial charge is 0.454 e. The first kappa shape index (κ1) is 19.2. The topological polar surface area (TPSA) is 93.7 Å². The molecule has 1 amide bonds. The normalized spacial score (nSPS) is 14.0. The molecule has 3 rings (SSSR count). The second-order valence-electron chi connectivity index (χ2n) is 6.30. The Kier molecular flexibility index (Phi) is 5.98. The molecule has 8 heteroatoms. The van der Waals surface area contributed by atoms with Crippen LogP contribution in [0.1, 0.15) is 23.5 Å². The van der Waals surface area contributed by atoms with Crippen LogP contribution in [0.3, 0.4) is 0 Å². The predicted molar refractivity (Wildman–Crippen MR) is 101 cm³/mol. The van der Waals surface area contributed by atoms with Gasteiger partial charge in [-0.3, -0.25) is 4.79 Å². The van der Waals surface area contributed by atoms with Crippen molar-refractivity contribution in [3.63, 3.8) is 0 Å². The third-order valence-electron chi connectivity index (χ3n) is 4.20. The van der Waals surface area contributed by atoms with Crippen LogP contribution in [-0.2, 0) is 14.8 Å². The lowest BCUT2D eigenvalue weighted by Crippen LogP contribution is -2.34. The van der Waals surface area contributed by atoms with Crippen LogP contribution in [0.25, 0.3) is 0 Å². The van der Waals surface area contributed by atoms with Crippen LogP contribution < -0.4 is 19.5 Å². The van der Waals surface area contributed by atoms with Crippen molar-refractivity contribution < 1.29 is 22.7 Å². The van der Waals surface area contributed by atoms with Crippen LogP contribution in [0.2, 0.25) is 0 Å². The summed E-state index contributed by atoms with van der Waals surface area (Å²) >= 11 is 0. The Balaban J connectivity index is 1.70. The second-order valence-corrected chi connectivity index (χ2v) is 8.13. The second kappa shape index (κ2) is 8.41. The standard InChI is InChI=1S/C19H22N2O5S/c1-27(23,24)21-10-9-20-19(22)12-16(14-5-3-2-4-6-14)15-7-8-17-18(11-15)26-13-25-17/h2-8,11,16,21H,9-10,12-13H2,1H3,(H,20,22)/t16-/m0/s1. The highest BCUT2D eigenvalue weighted by Gasteiger charge is 2.21. The van der Waals surface area contributed by atoms with E-state index in [1.54, 1.807) is 0 Å². The monoisotopic (exact) mass is 390 g/mol. The number of hydrogen-bond donors (Lipinski definition) is 2. The molecule has 0 aliphatic carbocycles. The van der Waals surface area contributed by atoms with E-state index in [0.29, 0.717) is 11.5 Å². The average molecular weight is 390 g/mol. The molecule has 0 fully saturated rings. The molecule has 1 aliphatic rings. The van der Waals surface area contributed by atoms with Crippen LogP contribution in [0.4, 0.5) is 0 Å². The van der Waals surface area contributed by atoms with E-state index in [1.165, 1.54) is 0 Å². The molecule has 144 valence electrons. The Morgan fingerprint density at radius 2 is 1.78 bits per heavy atom. The summed E-state index contributed by atoms with van der Waals surface area (Å²) < 4.78 is 35.3. The highest BCUT2D eigenvalue weighted by Crippen LogP contribution is 2.37. The van der Waals surface area contributed by atoms with E-state index in [9.17, 15) is 13.2 Å². The fourth-order valence-electron chi connectivity index (χ4n) is 2.94. The molecule has 0 aromatic heterocycles. The van der Waals surface area contributed by atoms with Crippen molar-refractivity contribution in [1.29, 1.82) is 0 Å². The minimum atomic E-state index is -3.26. The first-order valence-corrected chi connectivity index (χ1v) is 10.5. The Morgan fingerprint density at radius 1 is 1.04 bits per heavy atom. The summed E-state index contributed by atoms with van der Waals surface area (Å²) in [6.45, 7) is 0.585. The molecule has 2 aromatic carbocycles. The Morgan fingerprint density at radius 3 is 2.52 bits per heavy atom. The molecule has 1 atom stereocenters. The van der Waals surface area contributed by atoms with Gasteiger partial charge in [-0.25, -0.2) is 13.1 Å². The molecule has 27 heavy (non-hydrogen) atoms. The van der Waals surface area contributed by atoms with Crippen LogP contribution in [0.15, 0.2) is 48.5 Å². The molecule has 0 saturated heterocycles. The zero-order valence-corrected chi connectivity index (χ0v) is 15.8. The number of benzene rings is 2. The number of carbonyl (C=O) groups is 1. The minimum Gasteiger partial charge on any atom is -0.454 e. The third-order valence-corrected chi connectivity index (χ3v) is 4.93. The zero-order valence-electron chi connectivity index (χ0n) is 15.0. The smallest absolute Gasteiger partial charge is 0.231 e. The fourth-order valence-corrected chi connectivity index (χ4v) is 3.41. The van der Waals surface area contributed by atoms with Crippen LogP contribution in [0.5, 0.6) is 11.5 Å². The van der Waals surface area contributed by atoms with Crippen molar-refractivity contribution in [2.75, 3.05) is 26.1 Å². The molecule has 1 aliphatic heterocycles. The van der Waals surface area contributed by atoms with E-state index in [0.717, 1.165) is 17.4 Å². The summed E-state index contributed by atoms with van der Waals surface area (Å²) in [7, 11) is -3.26. The van der Waals surface area contributed by atoms with Gasteiger partial charge in [0, 0.05) is 25.4 Å². The SMILES string of the molecule is CS(=O)(=O)NCCNC(=O)C[C@@H](c1ccccc1)c1ccc2c(c1)OCO2. The van der Waals surface area contributed by atoms with Crippen molar-refractivity contribution in [2.45, 2.75) is 12.3 Å². The van der Waals surface area contributed by atoms with Crippen molar-refractivity contribution in [1.82, 2.24) is 10.0 Å². The van der Waals surface area contributed by atoms with Gasteiger partial charge in [-0.2, -0.15) is 0 Å². The number of nitrogens with one attached hydrogen (secondary N) is 2. The molecule has 0 unspecified atom stereocenters. The predicted octanol–water partition coefficient (Wildman–Crippen LogP) is 1.60. The molecule has 0 spiro atoms. The summed E-state index contributed by atoms with van der Waals surface area (Å²) in [5.41, 5.74) is 1.97. The van der Waals surface area contributed by atoms with Crippen molar-refractivity contribution >= 4 is 15.9 Å². The van der Waals surface area contributed by atoms with E-state index in [2.05, 4.69) is 10.0 Å². The van der Waals surface area contributed by atoms with Crippen molar-refractivity contribution in [2.24, 2.45) is 0 Å². The van der Waals surface area contributed by atoms with Crippen molar-refractivity contribution in [3.8, 4) is 11.5 Å². The molecule has 0 saturated carbocycles. The molecule has 2 aromatic rings. The number of rotatable bonds is 8. The Bertz CT molecular complexity index is 900. The van der Waals surface area contributed by atoms with E-state index < -0.39 is 10.0 Å². The molecule has 2 N–H and O–H groups in total. The van der Waals surface area contributed by atoms with Gasteiger partial charge in [0.05, 0.1) is 6.26 Å². The Labute approximate surface area is 158 Å². The lowest BCUT2D eigenvalue weighted by molar-refractivity contribution is -0.121. The molecular formula is C19H22N2O5S. The fraction of sp³-hybridized carbons (Fsp3) is 0.316. The van der Waals surface area contributed by atoms with Crippen molar-refractivity contribution in [3.05, 3.63) is 59.7 Å². The molecular weight excluding hydrogens is 368 g/mol. The first-order valence-electron chi connectivity index (χ1n) is 8.58. The van der Waals surface area contributed by atoms with Crippen LogP contribution in [-0.4, -0.2) is 40.5 Å². The third kappa shape index (κ3) is 5.45. The maximum absolute atomic E-state index is 12.4. The first-order chi connectivity index (χ1) is 12.9. The maximum atomic E-state index is 12.4. The highest BCUT2D eigenvalue weighted by molar-refractivity contribution is 7.88. The maximum Gasteiger partial charge on any atom is 0.231 e. The Hall–Kier alpha value is -2.58. The summed E-state index contributed by atoms with van der Waals surface area (Å²) in [6.07, 6.45) is 1.32. The van der Waals surface area contributed by atoms with Crippen LogP contribution >= 0.6 is 0 Å². The van der Waals surface area contributed by atoms with Gasteiger partial charge >= 0.3 is 0 Å². The average Bonchev–Trinajstić information content (AvgIpc) is 3.11. The summed E-state index contributed by atoms with van der Waals surface area (Å²) in [6, 6.07) is 15.4. The quantitative estimate of drug-likeness (QED) is 0.668. The summed E-state index contributed by atoms with van der Waals surface area (Å²) in [4.78, 5) is 12.4. The van der Waals surface area contributed by atoms with Gasteiger partial charge < -0.3 is 14.8 Å². The van der Waals surface area contributed by atoms with E-state index in [1.807, 2.05) is 48.5 Å².